The van der Waals surface area contributed by atoms with Crippen molar-refractivity contribution >= 4 is 11.6 Å². The van der Waals surface area contributed by atoms with Crippen LogP contribution < -0.4 is 0 Å². The van der Waals surface area contributed by atoms with Gasteiger partial charge < -0.3 is 0 Å². The Bertz CT molecular complexity index is 879. The van der Waals surface area contributed by atoms with Gasteiger partial charge in [0.1, 0.15) is 6.07 Å². The Balaban J connectivity index is 2.18. The van der Waals surface area contributed by atoms with Gasteiger partial charge in [-0.15, -0.1) is 0 Å². The normalized spacial score (nSPS) is 10.5. The smallest absolute Gasteiger partial charge is 0.163 e. The van der Waals surface area contributed by atoms with Crippen molar-refractivity contribution < 1.29 is 8.78 Å². The molecule has 0 aliphatic heterocycles. The summed E-state index contributed by atoms with van der Waals surface area (Å²) in [5, 5.41) is 13.7. The summed E-state index contributed by atoms with van der Waals surface area (Å²) in [5.74, 6) is -1.89. The molecule has 3 aromatic rings. The van der Waals surface area contributed by atoms with Crippen LogP contribution in [0.1, 0.15) is 5.69 Å². The van der Waals surface area contributed by atoms with E-state index in [4.69, 9.17) is 16.9 Å². The minimum atomic E-state index is -0.958. The average molecular weight is 316 g/mol. The molecule has 0 saturated carbocycles. The first-order valence-corrected chi connectivity index (χ1v) is 6.68. The van der Waals surface area contributed by atoms with E-state index in [1.165, 1.54) is 16.8 Å². The summed E-state index contributed by atoms with van der Waals surface area (Å²) in [7, 11) is 0. The SMILES string of the molecule is N#Cc1cc(-c2ccc(F)c(F)c2)n(-c2ccc(Cl)cc2)n1. The second-order valence-corrected chi connectivity index (χ2v) is 4.98. The van der Waals surface area contributed by atoms with E-state index in [0.717, 1.165) is 12.1 Å². The standard InChI is InChI=1S/C16H8ClF2N3/c17-11-2-4-13(5-3-11)22-16(8-12(9-20)21-22)10-1-6-14(18)15(19)7-10/h1-8H. The Morgan fingerprint density at radius 3 is 2.36 bits per heavy atom. The number of hydrogen-bond donors (Lipinski definition) is 0. The number of aromatic nitrogens is 2. The van der Waals surface area contributed by atoms with Crippen LogP contribution in [0, 0.1) is 23.0 Å². The summed E-state index contributed by atoms with van der Waals surface area (Å²) in [5.41, 5.74) is 1.74. The first-order valence-electron chi connectivity index (χ1n) is 6.30. The molecule has 6 heteroatoms. The molecule has 3 rings (SSSR count). The van der Waals surface area contributed by atoms with Crippen LogP contribution in [-0.2, 0) is 0 Å². The van der Waals surface area contributed by atoms with Crippen molar-refractivity contribution in [3.8, 4) is 23.0 Å². The molecule has 0 aliphatic carbocycles. The monoisotopic (exact) mass is 315 g/mol. The van der Waals surface area contributed by atoms with Crippen molar-refractivity contribution in [2.24, 2.45) is 0 Å². The van der Waals surface area contributed by atoms with E-state index in [-0.39, 0.29) is 5.69 Å². The van der Waals surface area contributed by atoms with Crippen LogP contribution in [0.15, 0.2) is 48.5 Å². The Hall–Kier alpha value is -2.71. The van der Waals surface area contributed by atoms with E-state index in [1.54, 1.807) is 24.3 Å². The van der Waals surface area contributed by atoms with Gasteiger partial charge in [0.2, 0.25) is 0 Å². The van der Waals surface area contributed by atoms with E-state index >= 15 is 0 Å². The zero-order chi connectivity index (χ0) is 15.7. The molecule has 1 aromatic heterocycles. The number of halogens is 3. The molecule has 0 unspecified atom stereocenters. The molecule has 1 heterocycles. The molecule has 2 aromatic carbocycles. The predicted molar refractivity (Wildman–Crippen MR) is 78.6 cm³/mol. The average Bonchev–Trinajstić information content (AvgIpc) is 2.95. The molecule has 0 spiro atoms. The Morgan fingerprint density at radius 1 is 1.00 bits per heavy atom. The maximum Gasteiger partial charge on any atom is 0.163 e. The summed E-state index contributed by atoms with van der Waals surface area (Å²) in [6.07, 6.45) is 0. The second-order valence-electron chi connectivity index (χ2n) is 4.54. The molecule has 3 nitrogen and oxygen atoms in total. The summed E-state index contributed by atoms with van der Waals surface area (Å²) in [6, 6.07) is 13.8. The molecule has 0 radical (unpaired) electrons. The molecule has 0 aliphatic rings. The van der Waals surface area contributed by atoms with Gasteiger partial charge in [-0.25, -0.2) is 13.5 Å². The van der Waals surface area contributed by atoms with Gasteiger partial charge in [0.15, 0.2) is 17.3 Å². The summed E-state index contributed by atoms with van der Waals surface area (Å²) in [4.78, 5) is 0. The highest BCUT2D eigenvalue weighted by Gasteiger charge is 2.13. The molecule has 0 saturated heterocycles. The molecule has 0 amide bonds. The minimum Gasteiger partial charge on any atom is -0.232 e. The van der Waals surface area contributed by atoms with Crippen LogP contribution in [-0.4, -0.2) is 9.78 Å². The second kappa shape index (κ2) is 5.58. The van der Waals surface area contributed by atoms with Crippen LogP contribution in [0.4, 0.5) is 8.78 Å². The molecular weight excluding hydrogens is 308 g/mol. The highest BCUT2D eigenvalue weighted by Crippen LogP contribution is 2.26. The largest absolute Gasteiger partial charge is 0.232 e. The van der Waals surface area contributed by atoms with Crippen molar-refractivity contribution in [3.05, 3.63) is 70.9 Å². The maximum absolute atomic E-state index is 13.5. The quantitative estimate of drug-likeness (QED) is 0.705. The molecule has 0 bridgehead atoms. The van der Waals surface area contributed by atoms with Crippen LogP contribution >= 0.6 is 11.6 Å². The Morgan fingerprint density at radius 2 is 1.73 bits per heavy atom. The van der Waals surface area contributed by atoms with Gasteiger partial charge in [0.25, 0.3) is 0 Å². The van der Waals surface area contributed by atoms with Crippen molar-refractivity contribution in [1.29, 1.82) is 5.26 Å². The zero-order valence-electron chi connectivity index (χ0n) is 11.1. The highest BCUT2D eigenvalue weighted by atomic mass is 35.5. The van der Waals surface area contributed by atoms with Crippen LogP contribution in [0.2, 0.25) is 5.02 Å². The Labute approximate surface area is 130 Å². The lowest BCUT2D eigenvalue weighted by Gasteiger charge is -2.08. The summed E-state index contributed by atoms with van der Waals surface area (Å²) < 4.78 is 28.0. The fraction of sp³-hybridized carbons (Fsp3) is 0. The van der Waals surface area contributed by atoms with E-state index < -0.39 is 11.6 Å². The first-order chi connectivity index (χ1) is 10.6. The number of benzene rings is 2. The third-order valence-electron chi connectivity index (χ3n) is 3.11. The van der Waals surface area contributed by atoms with Crippen molar-refractivity contribution in [3.63, 3.8) is 0 Å². The summed E-state index contributed by atoms with van der Waals surface area (Å²) in [6.45, 7) is 0. The lowest BCUT2D eigenvalue weighted by Crippen LogP contribution is -1.99. The van der Waals surface area contributed by atoms with Crippen LogP contribution in [0.25, 0.3) is 16.9 Å². The van der Waals surface area contributed by atoms with Gasteiger partial charge in [0, 0.05) is 16.7 Å². The lowest BCUT2D eigenvalue weighted by molar-refractivity contribution is 0.509. The molecule has 108 valence electrons. The minimum absolute atomic E-state index is 0.176. The van der Waals surface area contributed by atoms with Crippen LogP contribution in [0.5, 0.6) is 0 Å². The number of hydrogen-bond acceptors (Lipinski definition) is 2. The van der Waals surface area contributed by atoms with Crippen molar-refractivity contribution in [2.75, 3.05) is 0 Å². The molecule has 0 N–H and O–H groups in total. The van der Waals surface area contributed by atoms with E-state index in [2.05, 4.69) is 5.10 Å². The molecule has 0 fully saturated rings. The number of nitriles is 1. The van der Waals surface area contributed by atoms with E-state index in [1.807, 2.05) is 6.07 Å². The molecular formula is C16H8ClF2N3. The Kier molecular flexibility index (Phi) is 3.61. The van der Waals surface area contributed by atoms with Gasteiger partial charge in [-0.05, 0) is 42.5 Å². The van der Waals surface area contributed by atoms with E-state index in [9.17, 15) is 8.78 Å². The third-order valence-corrected chi connectivity index (χ3v) is 3.36. The van der Waals surface area contributed by atoms with Gasteiger partial charge >= 0.3 is 0 Å². The van der Waals surface area contributed by atoms with E-state index in [0.29, 0.717) is 22.0 Å². The summed E-state index contributed by atoms with van der Waals surface area (Å²) >= 11 is 5.85. The first kappa shape index (κ1) is 14.2. The van der Waals surface area contributed by atoms with Crippen molar-refractivity contribution in [1.82, 2.24) is 9.78 Å². The third kappa shape index (κ3) is 2.57. The van der Waals surface area contributed by atoms with Gasteiger partial charge in [0.05, 0.1) is 11.4 Å². The molecule has 0 atom stereocenters. The predicted octanol–water partition coefficient (Wildman–Crippen LogP) is 4.34. The topological polar surface area (TPSA) is 41.6 Å². The lowest BCUT2D eigenvalue weighted by atomic mass is 10.1. The number of rotatable bonds is 2. The van der Waals surface area contributed by atoms with Gasteiger partial charge in [-0.3, -0.25) is 0 Å². The maximum atomic E-state index is 13.5. The van der Waals surface area contributed by atoms with Gasteiger partial charge in [-0.1, -0.05) is 11.6 Å². The highest BCUT2D eigenvalue weighted by molar-refractivity contribution is 6.30. The zero-order valence-corrected chi connectivity index (χ0v) is 11.9. The molecule has 22 heavy (non-hydrogen) atoms. The fourth-order valence-corrected chi connectivity index (χ4v) is 2.20. The van der Waals surface area contributed by atoms with Crippen LogP contribution in [0.3, 0.4) is 0 Å². The fourth-order valence-electron chi connectivity index (χ4n) is 2.08. The van der Waals surface area contributed by atoms with Crippen molar-refractivity contribution in [2.45, 2.75) is 0 Å². The number of nitrogens with zero attached hydrogens (tertiary/aromatic N) is 3. The van der Waals surface area contributed by atoms with Gasteiger partial charge in [-0.2, -0.15) is 10.4 Å².